The number of halogens is 1. The first-order valence-electron chi connectivity index (χ1n) is 6.81. The highest BCUT2D eigenvalue weighted by molar-refractivity contribution is 5.34. The molecular formula is C17H19FO3. The first-order valence-corrected chi connectivity index (χ1v) is 6.81. The number of ether oxygens (including phenoxy) is 2. The molecule has 0 aliphatic rings. The molecule has 2 rings (SSSR count). The van der Waals surface area contributed by atoms with Gasteiger partial charge < -0.3 is 14.6 Å². The van der Waals surface area contributed by atoms with Gasteiger partial charge in [-0.15, -0.1) is 0 Å². The zero-order valence-corrected chi connectivity index (χ0v) is 12.0. The van der Waals surface area contributed by atoms with E-state index in [0.29, 0.717) is 17.9 Å². The zero-order valence-electron chi connectivity index (χ0n) is 12.0. The predicted molar refractivity (Wildman–Crippen MR) is 78.8 cm³/mol. The molecular weight excluding hydrogens is 271 g/mol. The van der Waals surface area contributed by atoms with Crippen molar-refractivity contribution in [1.82, 2.24) is 0 Å². The Morgan fingerprint density at radius 3 is 2.62 bits per heavy atom. The molecule has 0 radical (unpaired) electrons. The largest absolute Gasteiger partial charge is 0.496 e. The molecule has 2 aromatic rings. The van der Waals surface area contributed by atoms with E-state index in [1.807, 2.05) is 30.3 Å². The maximum Gasteiger partial charge on any atom is 0.123 e. The third-order valence-corrected chi connectivity index (χ3v) is 3.12. The lowest BCUT2D eigenvalue weighted by Crippen LogP contribution is -2.18. The van der Waals surface area contributed by atoms with Gasteiger partial charge in [-0.2, -0.15) is 0 Å². The number of hydrogen-bond acceptors (Lipinski definition) is 3. The van der Waals surface area contributed by atoms with Crippen molar-refractivity contribution < 1.29 is 19.0 Å². The molecule has 4 heteroatoms. The second-order valence-corrected chi connectivity index (χ2v) is 4.81. The van der Waals surface area contributed by atoms with Crippen molar-refractivity contribution in [1.29, 1.82) is 0 Å². The van der Waals surface area contributed by atoms with Crippen LogP contribution in [-0.4, -0.2) is 24.9 Å². The first-order chi connectivity index (χ1) is 10.2. The van der Waals surface area contributed by atoms with Gasteiger partial charge >= 0.3 is 0 Å². The lowest BCUT2D eigenvalue weighted by atomic mass is 10.1. The molecule has 0 spiro atoms. The molecule has 0 fully saturated rings. The van der Waals surface area contributed by atoms with Gasteiger partial charge in [-0.05, 0) is 29.3 Å². The summed E-state index contributed by atoms with van der Waals surface area (Å²) in [6.45, 7) is 0.632. The minimum atomic E-state index is -0.704. The highest BCUT2D eigenvalue weighted by Gasteiger charge is 2.11. The van der Waals surface area contributed by atoms with Crippen molar-refractivity contribution in [3.05, 3.63) is 65.5 Å². The van der Waals surface area contributed by atoms with E-state index in [4.69, 9.17) is 9.47 Å². The third-order valence-electron chi connectivity index (χ3n) is 3.12. The molecule has 1 unspecified atom stereocenters. The van der Waals surface area contributed by atoms with E-state index in [9.17, 15) is 9.50 Å². The van der Waals surface area contributed by atoms with Crippen LogP contribution in [-0.2, 0) is 17.8 Å². The highest BCUT2D eigenvalue weighted by atomic mass is 19.1. The number of hydrogen-bond donors (Lipinski definition) is 1. The van der Waals surface area contributed by atoms with Gasteiger partial charge in [0.2, 0.25) is 0 Å². The van der Waals surface area contributed by atoms with Crippen LogP contribution in [0, 0.1) is 5.82 Å². The lowest BCUT2D eigenvalue weighted by molar-refractivity contribution is 0.0286. The summed E-state index contributed by atoms with van der Waals surface area (Å²) in [4.78, 5) is 0. The first kappa shape index (κ1) is 15.5. The monoisotopic (exact) mass is 290 g/mol. The van der Waals surface area contributed by atoms with Gasteiger partial charge in [0.15, 0.2) is 0 Å². The van der Waals surface area contributed by atoms with Gasteiger partial charge in [-0.25, -0.2) is 4.39 Å². The fourth-order valence-electron chi connectivity index (χ4n) is 2.11. The Balaban J connectivity index is 1.84. The Kier molecular flexibility index (Phi) is 5.72. The molecule has 2 aromatic carbocycles. The average molecular weight is 290 g/mol. The molecule has 1 N–H and O–H groups in total. The number of methoxy groups -OCH3 is 1. The highest BCUT2D eigenvalue weighted by Crippen LogP contribution is 2.21. The van der Waals surface area contributed by atoms with Crippen LogP contribution in [0.25, 0.3) is 0 Å². The lowest BCUT2D eigenvalue weighted by Gasteiger charge is -2.14. The number of rotatable bonds is 7. The van der Waals surface area contributed by atoms with Gasteiger partial charge in [-0.1, -0.05) is 30.3 Å². The summed E-state index contributed by atoms with van der Waals surface area (Å²) in [5.41, 5.74) is 1.68. The van der Waals surface area contributed by atoms with Crippen LogP contribution in [0.4, 0.5) is 4.39 Å². The number of benzene rings is 2. The Hall–Kier alpha value is -1.91. The smallest absolute Gasteiger partial charge is 0.123 e. The summed E-state index contributed by atoms with van der Waals surface area (Å²) < 4.78 is 23.9. The Morgan fingerprint density at radius 2 is 1.90 bits per heavy atom. The molecule has 0 amide bonds. The van der Waals surface area contributed by atoms with Gasteiger partial charge in [0.05, 0.1) is 26.4 Å². The van der Waals surface area contributed by atoms with Crippen molar-refractivity contribution >= 4 is 0 Å². The fourth-order valence-corrected chi connectivity index (χ4v) is 2.11. The molecule has 3 nitrogen and oxygen atoms in total. The summed E-state index contributed by atoms with van der Waals surface area (Å²) in [7, 11) is 1.52. The van der Waals surface area contributed by atoms with Crippen LogP contribution in [0.1, 0.15) is 11.1 Å². The van der Waals surface area contributed by atoms with Crippen LogP contribution in [0.2, 0.25) is 0 Å². The van der Waals surface area contributed by atoms with Crippen molar-refractivity contribution in [2.75, 3.05) is 13.7 Å². The van der Waals surface area contributed by atoms with Crippen molar-refractivity contribution in [3.8, 4) is 5.75 Å². The van der Waals surface area contributed by atoms with Crippen LogP contribution in [0.15, 0.2) is 48.5 Å². The number of aliphatic hydroxyl groups is 1. The molecule has 0 aromatic heterocycles. The summed E-state index contributed by atoms with van der Waals surface area (Å²) >= 11 is 0. The molecule has 0 heterocycles. The van der Waals surface area contributed by atoms with E-state index in [1.54, 1.807) is 6.07 Å². The second kappa shape index (κ2) is 7.76. The second-order valence-electron chi connectivity index (χ2n) is 4.81. The van der Waals surface area contributed by atoms with Crippen molar-refractivity contribution in [2.24, 2.45) is 0 Å². The van der Waals surface area contributed by atoms with E-state index in [-0.39, 0.29) is 18.8 Å². The molecule has 0 aliphatic heterocycles. The Morgan fingerprint density at radius 1 is 1.14 bits per heavy atom. The minimum absolute atomic E-state index is 0.189. The Bertz CT molecular complexity index is 557. The minimum Gasteiger partial charge on any atom is -0.496 e. The molecule has 0 bridgehead atoms. The zero-order chi connectivity index (χ0) is 15.1. The van der Waals surface area contributed by atoms with Crippen LogP contribution < -0.4 is 4.74 Å². The summed E-state index contributed by atoms with van der Waals surface area (Å²) in [6.07, 6.45) is -0.417. The molecule has 112 valence electrons. The van der Waals surface area contributed by atoms with E-state index in [0.717, 1.165) is 5.56 Å². The van der Waals surface area contributed by atoms with E-state index < -0.39 is 6.10 Å². The summed E-state index contributed by atoms with van der Waals surface area (Å²) in [5.74, 6) is 0.224. The Labute approximate surface area is 124 Å². The summed E-state index contributed by atoms with van der Waals surface area (Å²) in [6, 6.07) is 14.0. The van der Waals surface area contributed by atoms with Crippen LogP contribution >= 0.6 is 0 Å². The number of aliphatic hydroxyl groups excluding tert-OH is 1. The molecule has 0 aliphatic carbocycles. The van der Waals surface area contributed by atoms with Crippen LogP contribution in [0.3, 0.4) is 0 Å². The van der Waals surface area contributed by atoms with E-state index in [2.05, 4.69) is 0 Å². The third kappa shape index (κ3) is 4.85. The van der Waals surface area contributed by atoms with Gasteiger partial charge in [0.1, 0.15) is 11.6 Å². The van der Waals surface area contributed by atoms with Gasteiger partial charge in [-0.3, -0.25) is 0 Å². The van der Waals surface area contributed by atoms with E-state index in [1.165, 1.54) is 19.2 Å². The van der Waals surface area contributed by atoms with Gasteiger partial charge in [0, 0.05) is 6.42 Å². The average Bonchev–Trinajstić information content (AvgIpc) is 2.48. The van der Waals surface area contributed by atoms with Crippen molar-refractivity contribution in [2.45, 2.75) is 19.1 Å². The summed E-state index contributed by atoms with van der Waals surface area (Å²) in [5, 5.41) is 9.99. The molecule has 0 saturated heterocycles. The topological polar surface area (TPSA) is 38.7 Å². The maximum absolute atomic E-state index is 13.2. The normalized spacial score (nSPS) is 12.1. The molecule has 1 atom stereocenters. The SMILES string of the molecule is COc1ccc(F)cc1CC(O)COCc1ccccc1. The standard InChI is InChI=1S/C17H19FO3/c1-20-17-8-7-15(18)9-14(17)10-16(19)12-21-11-13-5-3-2-4-6-13/h2-9,16,19H,10-12H2,1H3. The van der Waals surface area contributed by atoms with Crippen LogP contribution in [0.5, 0.6) is 5.75 Å². The molecule has 0 saturated carbocycles. The predicted octanol–water partition coefficient (Wildman–Crippen LogP) is 2.95. The van der Waals surface area contributed by atoms with E-state index >= 15 is 0 Å². The maximum atomic E-state index is 13.2. The van der Waals surface area contributed by atoms with Gasteiger partial charge in [0.25, 0.3) is 0 Å². The fraction of sp³-hybridized carbons (Fsp3) is 0.294. The quantitative estimate of drug-likeness (QED) is 0.852. The van der Waals surface area contributed by atoms with Crippen molar-refractivity contribution in [3.63, 3.8) is 0 Å². The molecule has 21 heavy (non-hydrogen) atoms.